The molecule has 0 aliphatic carbocycles. The fourth-order valence-electron chi connectivity index (χ4n) is 2.97. The summed E-state index contributed by atoms with van der Waals surface area (Å²) >= 11 is 0. The van der Waals surface area contributed by atoms with E-state index in [-0.39, 0.29) is 5.78 Å². The number of ether oxygens (including phenoxy) is 1. The van der Waals surface area contributed by atoms with Crippen LogP contribution in [-0.2, 0) is 4.79 Å². The summed E-state index contributed by atoms with van der Waals surface area (Å²) in [5, 5.41) is 10.1. The van der Waals surface area contributed by atoms with E-state index in [9.17, 15) is 9.90 Å². The van der Waals surface area contributed by atoms with E-state index in [0.717, 1.165) is 31.9 Å². The quantitative estimate of drug-likeness (QED) is 0.865. The Hall–Kier alpha value is -1.43. The third-order valence-corrected chi connectivity index (χ3v) is 4.82. The molecule has 0 radical (unpaired) electrons. The van der Waals surface area contributed by atoms with Crippen LogP contribution in [0.4, 0.5) is 0 Å². The van der Waals surface area contributed by atoms with Crippen LogP contribution in [0.25, 0.3) is 0 Å². The van der Waals surface area contributed by atoms with E-state index in [2.05, 4.69) is 28.9 Å². The van der Waals surface area contributed by atoms with Crippen LogP contribution in [0.5, 0.6) is 5.75 Å². The van der Waals surface area contributed by atoms with Crippen LogP contribution in [0, 0.1) is 0 Å². The summed E-state index contributed by atoms with van der Waals surface area (Å²) in [6.45, 7) is 9.22. The van der Waals surface area contributed by atoms with Gasteiger partial charge in [-0.05, 0) is 38.5 Å². The summed E-state index contributed by atoms with van der Waals surface area (Å²) in [6.07, 6.45) is 0. The minimum Gasteiger partial charge on any atom is -0.497 e. The molecule has 0 aromatic heterocycles. The van der Waals surface area contributed by atoms with Gasteiger partial charge in [0.1, 0.15) is 11.4 Å². The average molecular weight is 320 g/mol. The molecule has 1 aromatic carbocycles. The first-order valence-electron chi connectivity index (χ1n) is 8.17. The predicted octanol–water partition coefficient (Wildman–Crippen LogP) is 1.71. The number of benzene rings is 1. The number of carbonyl (C=O) groups excluding carboxylic acids is 1. The van der Waals surface area contributed by atoms with Gasteiger partial charge in [-0.15, -0.1) is 0 Å². The number of ketones is 1. The lowest BCUT2D eigenvalue weighted by Crippen LogP contribution is -2.53. The van der Waals surface area contributed by atoms with E-state index in [1.54, 1.807) is 14.0 Å². The number of hydrogen-bond acceptors (Lipinski definition) is 5. The van der Waals surface area contributed by atoms with Gasteiger partial charge >= 0.3 is 0 Å². The number of methoxy groups -OCH3 is 1. The van der Waals surface area contributed by atoms with Gasteiger partial charge in [-0.3, -0.25) is 14.6 Å². The van der Waals surface area contributed by atoms with E-state index >= 15 is 0 Å². The zero-order chi connectivity index (χ0) is 17.0. The molecule has 128 valence electrons. The summed E-state index contributed by atoms with van der Waals surface area (Å²) in [5.74, 6) is 0.704. The molecule has 1 saturated heterocycles. The molecule has 0 amide bonds. The van der Waals surface area contributed by atoms with Gasteiger partial charge in [-0.2, -0.15) is 0 Å². The van der Waals surface area contributed by atoms with Crippen LogP contribution in [0.3, 0.4) is 0 Å². The monoisotopic (exact) mass is 320 g/mol. The number of aliphatic hydroxyl groups is 1. The summed E-state index contributed by atoms with van der Waals surface area (Å²) in [7, 11) is 1.68. The second-order valence-electron chi connectivity index (χ2n) is 6.59. The van der Waals surface area contributed by atoms with Gasteiger partial charge in [-0.25, -0.2) is 0 Å². The number of β-amino-alcohol motifs (C(OH)–C–C–N with tert-alkyl or cyclic N) is 1. The van der Waals surface area contributed by atoms with Crippen molar-refractivity contribution in [3.8, 4) is 5.75 Å². The Morgan fingerprint density at radius 1 is 1.35 bits per heavy atom. The largest absolute Gasteiger partial charge is 0.497 e. The van der Waals surface area contributed by atoms with Crippen LogP contribution < -0.4 is 4.74 Å². The fraction of sp³-hybridized carbons (Fsp3) is 0.611. The van der Waals surface area contributed by atoms with Crippen molar-refractivity contribution in [3.05, 3.63) is 29.8 Å². The fourth-order valence-corrected chi connectivity index (χ4v) is 2.97. The molecular formula is C18H28N2O3. The van der Waals surface area contributed by atoms with Crippen molar-refractivity contribution in [2.75, 3.05) is 39.8 Å². The van der Waals surface area contributed by atoms with Gasteiger partial charge in [0.15, 0.2) is 5.78 Å². The third-order valence-electron chi connectivity index (χ3n) is 4.82. The van der Waals surface area contributed by atoms with Crippen LogP contribution in [0.15, 0.2) is 24.3 Å². The number of piperazine rings is 1. The molecule has 2 atom stereocenters. The molecule has 5 nitrogen and oxygen atoms in total. The number of rotatable bonds is 6. The molecule has 0 spiro atoms. The van der Waals surface area contributed by atoms with Gasteiger partial charge in [-0.1, -0.05) is 12.1 Å². The SMILES string of the molecule is COc1cccc(C(C)N2CCN(CC(C)(O)C(C)=O)CC2)c1. The molecule has 1 fully saturated rings. The Bertz CT molecular complexity index is 537. The first-order chi connectivity index (χ1) is 10.8. The number of hydrogen-bond donors (Lipinski definition) is 1. The highest BCUT2D eigenvalue weighted by molar-refractivity contribution is 5.84. The average Bonchev–Trinajstić information content (AvgIpc) is 2.54. The maximum absolute atomic E-state index is 11.5. The molecule has 1 N–H and O–H groups in total. The van der Waals surface area contributed by atoms with Crippen LogP contribution in [0.2, 0.25) is 0 Å². The molecule has 5 heteroatoms. The van der Waals surface area contributed by atoms with E-state index in [1.165, 1.54) is 12.5 Å². The van der Waals surface area contributed by atoms with Crippen molar-refractivity contribution < 1.29 is 14.6 Å². The first-order valence-corrected chi connectivity index (χ1v) is 8.17. The van der Waals surface area contributed by atoms with Gasteiger partial charge in [0.25, 0.3) is 0 Å². The Kier molecular flexibility index (Phi) is 5.79. The first kappa shape index (κ1) is 17.9. The van der Waals surface area contributed by atoms with Gasteiger partial charge < -0.3 is 9.84 Å². The third kappa shape index (κ3) is 4.53. The molecule has 1 heterocycles. The van der Waals surface area contributed by atoms with E-state index in [0.29, 0.717) is 12.6 Å². The van der Waals surface area contributed by atoms with E-state index in [1.807, 2.05) is 12.1 Å². The maximum Gasteiger partial charge on any atom is 0.162 e. The van der Waals surface area contributed by atoms with Crippen molar-refractivity contribution in [2.24, 2.45) is 0 Å². The summed E-state index contributed by atoms with van der Waals surface area (Å²) in [6, 6.07) is 8.50. The topological polar surface area (TPSA) is 53.0 Å². The minimum atomic E-state index is -1.25. The van der Waals surface area contributed by atoms with E-state index < -0.39 is 5.60 Å². The second kappa shape index (κ2) is 7.43. The van der Waals surface area contributed by atoms with Crippen molar-refractivity contribution in [1.29, 1.82) is 0 Å². The number of nitrogens with zero attached hydrogens (tertiary/aromatic N) is 2. The lowest BCUT2D eigenvalue weighted by molar-refractivity contribution is -0.135. The van der Waals surface area contributed by atoms with Crippen LogP contribution in [0.1, 0.15) is 32.4 Å². The molecule has 1 aliphatic rings. The van der Waals surface area contributed by atoms with Crippen molar-refractivity contribution >= 4 is 5.78 Å². The lowest BCUT2D eigenvalue weighted by atomic mass is 10.0. The minimum absolute atomic E-state index is 0.176. The molecule has 1 aliphatic heterocycles. The lowest BCUT2D eigenvalue weighted by Gasteiger charge is -2.40. The Labute approximate surface area is 138 Å². The Morgan fingerprint density at radius 2 is 2.00 bits per heavy atom. The molecule has 0 saturated carbocycles. The standard InChI is InChI=1S/C18H28N2O3/c1-14(16-6-5-7-17(12-16)23-4)20-10-8-19(9-11-20)13-18(3,22)15(2)21/h5-7,12,14,22H,8-11,13H2,1-4H3. The van der Waals surface area contributed by atoms with Gasteiger partial charge in [0.2, 0.25) is 0 Å². The van der Waals surface area contributed by atoms with Crippen LogP contribution in [-0.4, -0.2) is 66.1 Å². The van der Waals surface area contributed by atoms with E-state index in [4.69, 9.17) is 4.74 Å². The van der Waals surface area contributed by atoms with Gasteiger partial charge in [0.05, 0.1) is 7.11 Å². The molecule has 23 heavy (non-hydrogen) atoms. The van der Waals surface area contributed by atoms with Crippen molar-refractivity contribution in [1.82, 2.24) is 9.80 Å². The number of Topliss-reactive ketones (excluding diaryl/α,β-unsaturated/α-hetero) is 1. The molecular weight excluding hydrogens is 292 g/mol. The highest BCUT2D eigenvalue weighted by Gasteiger charge is 2.31. The summed E-state index contributed by atoms with van der Waals surface area (Å²) in [5.41, 5.74) is -0.00541. The summed E-state index contributed by atoms with van der Waals surface area (Å²) < 4.78 is 5.30. The maximum atomic E-state index is 11.5. The van der Waals surface area contributed by atoms with Crippen molar-refractivity contribution in [3.63, 3.8) is 0 Å². The second-order valence-corrected chi connectivity index (χ2v) is 6.59. The normalized spacial score (nSPS) is 20.7. The highest BCUT2D eigenvalue weighted by atomic mass is 16.5. The molecule has 2 unspecified atom stereocenters. The zero-order valence-corrected chi connectivity index (χ0v) is 14.6. The predicted molar refractivity (Wildman–Crippen MR) is 90.7 cm³/mol. The Balaban J connectivity index is 1.92. The van der Waals surface area contributed by atoms with Crippen LogP contribution >= 0.6 is 0 Å². The molecule has 1 aromatic rings. The molecule has 2 rings (SSSR count). The Morgan fingerprint density at radius 3 is 2.57 bits per heavy atom. The smallest absolute Gasteiger partial charge is 0.162 e. The van der Waals surface area contributed by atoms with Gasteiger partial charge in [0, 0.05) is 38.8 Å². The molecule has 0 bridgehead atoms. The van der Waals surface area contributed by atoms with Crippen molar-refractivity contribution in [2.45, 2.75) is 32.4 Å². The summed E-state index contributed by atoms with van der Waals surface area (Å²) in [4.78, 5) is 16.0. The number of carbonyl (C=O) groups is 1. The highest BCUT2D eigenvalue weighted by Crippen LogP contribution is 2.25. The zero-order valence-electron chi connectivity index (χ0n) is 14.6.